The number of cyclic esters (lactones) is 4. The van der Waals surface area contributed by atoms with Crippen LogP contribution in [0.25, 0.3) is 0 Å². The van der Waals surface area contributed by atoms with Crippen molar-refractivity contribution in [2.24, 2.45) is 0 Å². The molecule has 0 bridgehead atoms. The minimum Gasteiger partial charge on any atom is -0.457 e. The zero-order valence-corrected chi connectivity index (χ0v) is 21.3. The van der Waals surface area contributed by atoms with Gasteiger partial charge in [-0.3, -0.25) is 0 Å². The highest BCUT2D eigenvalue weighted by Gasteiger charge is 2.47. The second-order valence-electron chi connectivity index (χ2n) is 10.2. The van der Waals surface area contributed by atoms with Crippen LogP contribution in [0.5, 0.6) is 23.0 Å². The Balaban J connectivity index is 1.16. The van der Waals surface area contributed by atoms with Crippen molar-refractivity contribution in [2.45, 2.75) is 25.2 Å². The molecule has 2 atom stereocenters. The van der Waals surface area contributed by atoms with Crippen LogP contribution in [0.2, 0.25) is 0 Å². The smallest absolute Gasteiger partial charge is 0.347 e. The molecular formula is C32H20O8. The fourth-order valence-corrected chi connectivity index (χ4v) is 5.71. The molecule has 0 aromatic heterocycles. The highest BCUT2D eigenvalue weighted by Crippen LogP contribution is 2.56. The van der Waals surface area contributed by atoms with Gasteiger partial charge in [-0.2, -0.15) is 0 Å². The number of benzene rings is 4. The molecular weight excluding hydrogens is 512 g/mol. The molecule has 0 fully saturated rings. The maximum absolute atomic E-state index is 11.9. The van der Waals surface area contributed by atoms with E-state index in [1.54, 1.807) is 12.1 Å². The normalized spacial score (nSPS) is 20.2. The number of esters is 4. The first-order chi connectivity index (χ1) is 19.2. The van der Waals surface area contributed by atoms with Crippen molar-refractivity contribution in [1.82, 2.24) is 0 Å². The third-order valence-corrected chi connectivity index (χ3v) is 8.05. The summed E-state index contributed by atoms with van der Waals surface area (Å²) in [6.45, 7) is 4.33. The zero-order chi connectivity index (χ0) is 27.8. The van der Waals surface area contributed by atoms with Gasteiger partial charge in [0.25, 0.3) is 0 Å². The second-order valence-corrected chi connectivity index (χ2v) is 10.2. The van der Waals surface area contributed by atoms with Crippen LogP contribution in [-0.2, 0) is 14.9 Å². The monoisotopic (exact) mass is 532 g/mol. The van der Waals surface area contributed by atoms with Gasteiger partial charge in [-0.05, 0) is 83.3 Å². The van der Waals surface area contributed by atoms with E-state index in [1.807, 2.05) is 42.5 Å². The van der Waals surface area contributed by atoms with Crippen LogP contribution in [0.1, 0.15) is 77.9 Å². The number of hydrogen-bond donors (Lipinski definition) is 0. The summed E-state index contributed by atoms with van der Waals surface area (Å²) in [5.41, 5.74) is 3.83. The molecule has 4 aromatic rings. The van der Waals surface area contributed by atoms with E-state index in [0.29, 0.717) is 23.0 Å². The van der Waals surface area contributed by atoms with Gasteiger partial charge in [0.1, 0.15) is 23.0 Å². The highest BCUT2D eigenvalue weighted by molar-refractivity contribution is 6.15. The number of rotatable bonds is 5. The molecule has 0 amide bonds. The van der Waals surface area contributed by atoms with Crippen molar-refractivity contribution in [3.63, 3.8) is 0 Å². The molecule has 8 heteroatoms. The van der Waals surface area contributed by atoms with Gasteiger partial charge in [0.15, 0.2) is 0 Å². The first kappa shape index (κ1) is 23.8. The summed E-state index contributed by atoms with van der Waals surface area (Å²) in [5, 5.41) is 0. The van der Waals surface area contributed by atoms with Gasteiger partial charge in [0, 0.05) is 5.41 Å². The van der Waals surface area contributed by atoms with Crippen LogP contribution in [0, 0.1) is 0 Å². The van der Waals surface area contributed by atoms with Gasteiger partial charge in [-0.15, -0.1) is 0 Å². The molecule has 0 saturated carbocycles. The topological polar surface area (TPSA) is 105 Å². The van der Waals surface area contributed by atoms with Crippen molar-refractivity contribution < 1.29 is 38.1 Å². The van der Waals surface area contributed by atoms with Gasteiger partial charge < -0.3 is 18.9 Å². The van der Waals surface area contributed by atoms with Crippen molar-refractivity contribution >= 4 is 23.9 Å². The molecule has 2 heterocycles. The Morgan fingerprint density at radius 3 is 1.70 bits per heavy atom. The minimum atomic E-state index is -0.682. The summed E-state index contributed by atoms with van der Waals surface area (Å²) in [6, 6.07) is 23.0. The molecule has 2 aliphatic heterocycles. The van der Waals surface area contributed by atoms with Crippen LogP contribution in [0.3, 0.4) is 0 Å². The Labute approximate surface area is 228 Å². The average Bonchev–Trinajstić information content (AvgIpc) is 3.40. The van der Waals surface area contributed by atoms with Crippen molar-refractivity contribution in [3.05, 3.63) is 118 Å². The summed E-state index contributed by atoms with van der Waals surface area (Å²) in [7, 11) is 0. The summed E-state index contributed by atoms with van der Waals surface area (Å²) >= 11 is 0. The molecule has 196 valence electrons. The standard InChI is InChI=1S/C32H20O8/c1-16-22-9-6-21(38-20-8-11-24-26(14-20)31(36)40-29(24)34)15-27(22)32(16,2)17-4-3-5-18(12-17)37-19-7-10-23-25(13-19)30(35)39-28(23)33/h3-16H,1-2H3. The van der Waals surface area contributed by atoms with Crippen LogP contribution in [-0.4, -0.2) is 23.9 Å². The molecule has 8 nitrogen and oxygen atoms in total. The molecule has 1 aliphatic carbocycles. The van der Waals surface area contributed by atoms with Crippen molar-refractivity contribution in [3.8, 4) is 23.0 Å². The number of fused-ring (bicyclic) bond motifs is 3. The van der Waals surface area contributed by atoms with Crippen molar-refractivity contribution in [2.75, 3.05) is 0 Å². The predicted octanol–water partition coefficient (Wildman–Crippen LogP) is 6.32. The van der Waals surface area contributed by atoms with Gasteiger partial charge in [0.2, 0.25) is 0 Å². The lowest BCUT2D eigenvalue weighted by molar-refractivity contribution is 0.0425. The quantitative estimate of drug-likeness (QED) is 0.217. The Morgan fingerprint density at radius 2 is 1.10 bits per heavy atom. The summed E-state index contributed by atoms with van der Waals surface area (Å²) in [5.74, 6) is -0.426. The molecule has 3 aliphatic rings. The highest BCUT2D eigenvalue weighted by atomic mass is 16.6. The summed E-state index contributed by atoms with van der Waals surface area (Å²) in [6.07, 6.45) is 0. The maximum Gasteiger partial charge on any atom is 0.347 e. The van der Waals surface area contributed by atoms with E-state index in [2.05, 4.69) is 23.3 Å². The second kappa shape index (κ2) is 8.38. The van der Waals surface area contributed by atoms with Gasteiger partial charge in [-0.25, -0.2) is 19.2 Å². The molecule has 7 rings (SSSR count). The lowest BCUT2D eigenvalue weighted by Gasteiger charge is -2.48. The molecule has 0 spiro atoms. The molecule has 0 saturated heterocycles. The van der Waals surface area contributed by atoms with Gasteiger partial charge in [-0.1, -0.05) is 32.0 Å². The lowest BCUT2D eigenvalue weighted by atomic mass is 9.55. The Morgan fingerprint density at radius 1 is 0.600 bits per heavy atom. The van der Waals surface area contributed by atoms with Crippen molar-refractivity contribution in [1.29, 1.82) is 0 Å². The first-order valence-electron chi connectivity index (χ1n) is 12.6. The predicted molar refractivity (Wildman–Crippen MR) is 140 cm³/mol. The fraction of sp³-hybridized carbons (Fsp3) is 0.125. The Hall–Kier alpha value is -5.24. The van der Waals surface area contributed by atoms with Crippen LogP contribution in [0.4, 0.5) is 0 Å². The van der Waals surface area contributed by atoms with E-state index in [9.17, 15) is 19.2 Å². The van der Waals surface area contributed by atoms with Crippen LogP contribution in [0.15, 0.2) is 78.9 Å². The van der Waals surface area contributed by atoms with Gasteiger partial charge in [0.05, 0.1) is 22.3 Å². The molecule has 0 radical (unpaired) electrons. The lowest BCUT2D eigenvalue weighted by Crippen LogP contribution is -2.40. The third kappa shape index (κ3) is 3.46. The summed E-state index contributed by atoms with van der Waals surface area (Å²) < 4.78 is 21.5. The molecule has 2 unspecified atom stereocenters. The Kier molecular flexibility index (Phi) is 4.99. The van der Waals surface area contributed by atoms with E-state index in [1.165, 1.54) is 29.8 Å². The molecule has 4 aromatic carbocycles. The number of carbonyl (C=O) groups is 4. The minimum absolute atomic E-state index is 0.187. The largest absolute Gasteiger partial charge is 0.457 e. The van der Waals surface area contributed by atoms with E-state index >= 15 is 0 Å². The average molecular weight is 533 g/mol. The van der Waals surface area contributed by atoms with E-state index in [0.717, 1.165) is 11.1 Å². The van der Waals surface area contributed by atoms with Crippen LogP contribution >= 0.6 is 0 Å². The van der Waals surface area contributed by atoms with E-state index in [4.69, 9.17) is 9.47 Å². The number of hydrogen-bond acceptors (Lipinski definition) is 8. The number of carbonyl (C=O) groups excluding carboxylic acids is 4. The van der Waals surface area contributed by atoms with E-state index < -0.39 is 23.9 Å². The third-order valence-electron chi connectivity index (χ3n) is 8.05. The summed E-state index contributed by atoms with van der Waals surface area (Å²) in [4.78, 5) is 47.4. The Bertz CT molecular complexity index is 1820. The van der Waals surface area contributed by atoms with Gasteiger partial charge >= 0.3 is 23.9 Å². The molecule has 40 heavy (non-hydrogen) atoms. The fourth-order valence-electron chi connectivity index (χ4n) is 5.71. The first-order valence-corrected chi connectivity index (χ1v) is 12.6. The SMILES string of the molecule is CC1c2ccc(Oc3ccc4c(c3)C(=O)OC4=O)cc2C1(C)c1cccc(Oc2ccc3c(c2)C(=O)OC3=O)c1. The maximum atomic E-state index is 11.9. The molecule has 0 N–H and O–H groups in total. The number of ether oxygens (including phenoxy) is 4. The zero-order valence-electron chi connectivity index (χ0n) is 21.3. The van der Waals surface area contributed by atoms with E-state index in [-0.39, 0.29) is 33.6 Å². The van der Waals surface area contributed by atoms with Crippen LogP contribution < -0.4 is 9.47 Å².